The lowest BCUT2D eigenvalue weighted by Gasteiger charge is -2.32. The van der Waals surface area contributed by atoms with E-state index < -0.39 is 11.8 Å². The summed E-state index contributed by atoms with van der Waals surface area (Å²) in [5.41, 5.74) is -0.505. The van der Waals surface area contributed by atoms with Gasteiger partial charge in [0.2, 0.25) is 0 Å². The second-order valence-corrected chi connectivity index (χ2v) is 5.51. The minimum absolute atomic E-state index is 0.227. The van der Waals surface area contributed by atoms with Crippen molar-refractivity contribution < 1.29 is 23.8 Å². The first-order chi connectivity index (χ1) is 8.81. The van der Waals surface area contributed by atoms with Crippen LogP contribution in [0.1, 0.15) is 33.6 Å². The van der Waals surface area contributed by atoms with Gasteiger partial charge in [-0.05, 0) is 20.8 Å². The molecular weight excluding hydrogens is 274 g/mol. The van der Waals surface area contributed by atoms with Crippen LogP contribution in [0.5, 0.6) is 0 Å². The second-order valence-electron chi connectivity index (χ2n) is 5.29. The van der Waals surface area contributed by atoms with E-state index in [9.17, 15) is 9.59 Å². The van der Waals surface area contributed by atoms with Crippen LogP contribution in [-0.2, 0) is 14.2 Å². The van der Waals surface area contributed by atoms with Crippen molar-refractivity contribution in [2.75, 3.05) is 19.2 Å². The SMILES string of the molecule is CC(C)(C)OC(=O)N1CCC(OC(=O)OCCl)CC1. The number of alkyl halides is 1. The summed E-state index contributed by atoms with van der Waals surface area (Å²) in [5.74, 6) is 0. The molecule has 1 amide bonds. The molecule has 1 rings (SSSR count). The van der Waals surface area contributed by atoms with Gasteiger partial charge in [-0.15, -0.1) is 0 Å². The van der Waals surface area contributed by atoms with Crippen molar-refractivity contribution >= 4 is 23.8 Å². The first-order valence-electron chi connectivity index (χ1n) is 6.19. The van der Waals surface area contributed by atoms with Gasteiger partial charge < -0.3 is 19.1 Å². The monoisotopic (exact) mass is 293 g/mol. The van der Waals surface area contributed by atoms with Crippen molar-refractivity contribution in [3.63, 3.8) is 0 Å². The Kier molecular flexibility index (Phi) is 5.72. The molecule has 1 saturated heterocycles. The van der Waals surface area contributed by atoms with Crippen LogP contribution < -0.4 is 0 Å². The number of hydrogen-bond acceptors (Lipinski definition) is 5. The van der Waals surface area contributed by atoms with E-state index in [1.807, 2.05) is 20.8 Å². The molecule has 0 spiro atoms. The summed E-state index contributed by atoms with van der Waals surface area (Å²) in [6.45, 7) is 6.45. The van der Waals surface area contributed by atoms with E-state index in [0.29, 0.717) is 25.9 Å². The lowest BCUT2D eigenvalue weighted by Crippen LogP contribution is -2.43. The highest BCUT2D eigenvalue weighted by Gasteiger charge is 2.28. The average Bonchev–Trinajstić information content (AvgIpc) is 2.27. The number of likely N-dealkylation sites (tertiary alicyclic amines) is 1. The molecule has 0 N–H and O–H groups in total. The zero-order chi connectivity index (χ0) is 14.5. The molecule has 0 aliphatic carbocycles. The smallest absolute Gasteiger partial charge is 0.444 e. The summed E-state index contributed by atoms with van der Waals surface area (Å²) in [6, 6.07) is -0.227. The molecule has 19 heavy (non-hydrogen) atoms. The van der Waals surface area contributed by atoms with Crippen molar-refractivity contribution in [1.29, 1.82) is 0 Å². The maximum Gasteiger partial charge on any atom is 0.509 e. The summed E-state index contributed by atoms with van der Waals surface area (Å²) in [7, 11) is 0. The van der Waals surface area contributed by atoms with Crippen molar-refractivity contribution in [3.8, 4) is 0 Å². The van der Waals surface area contributed by atoms with Crippen LogP contribution in [0.2, 0.25) is 0 Å². The molecule has 1 fully saturated rings. The predicted molar refractivity (Wildman–Crippen MR) is 69.1 cm³/mol. The number of carbonyl (C=O) groups excluding carboxylic acids is 2. The van der Waals surface area contributed by atoms with E-state index in [2.05, 4.69) is 4.74 Å². The Hall–Kier alpha value is -1.17. The molecule has 7 heteroatoms. The first-order valence-corrected chi connectivity index (χ1v) is 6.72. The summed E-state index contributed by atoms with van der Waals surface area (Å²) in [5, 5.41) is 0. The molecule has 1 aliphatic rings. The number of nitrogens with zero attached hydrogens (tertiary/aromatic N) is 1. The number of rotatable bonds is 2. The van der Waals surface area contributed by atoms with E-state index in [-0.39, 0.29) is 18.3 Å². The third kappa shape index (κ3) is 6.00. The normalized spacial score (nSPS) is 16.9. The molecule has 0 aromatic rings. The first kappa shape index (κ1) is 15.9. The molecule has 0 aromatic heterocycles. The maximum atomic E-state index is 11.8. The topological polar surface area (TPSA) is 65.1 Å². The minimum Gasteiger partial charge on any atom is -0.444 e. The third-order valence-corrected chi connectivity index (χ3v) is 2.64. The Morgan fingerprint density at radius 1 is 1.26 bits per heavy atom. The number of halogens is 1. The molecule has 0 aromatic carbocycles. The maximum absolute atomic E-state index is 11.8. The highest BCUT2D eigenvalue weighted by Crippen LogP contribution is 2.17. The lowest BCUT2D eigenvalue weighted by atomic mass is 10.1. The molecular formula is C12H20ClNO5. The molecule has 0 unspecified atom stereocenters. The third-order valence-electron chi connectivity index (χ3n) is 2.53. The van der Waals surface area contributed by atoms with Gasteiger partial charge in [0.1, 0.15) is 11.7 Å². The van der Waals surface area contributed by atoms with Crippen LogP contribution in [-0.4, -0.2) is 48.0 Å². The van der Waals surface area contributed by atoms with E-state index in [1.165, 1.54) is 0 Å². The quantitative estimate of drug-likeness (QED) is 0.578. The van der Waals surface area contributed by atoms with Crippen LogP contribution in [0.4, 0.5) is 9.59 Å². The van der Waals surface area contributed by atoms with Crippen LogP contribution in [0.15, 0.2) is 0 Å². The zero-order valence-electron chi connectivity index (χ0n) is 11.5. The van der Waals surface area contributed by atoms with Gasteiger partial charge in [0.15, 0.2) is 6.07 Å². The fourth-order valence-electron chi connectivity index (χ4n) is 1.70. The Morgan fingerprint density at radius 3 is 2.32 bits per heavy atom. The van der Waals surface area contributed by atoms with Gasteiger partial charge in [-0.1, -0.05) is 11.6 Å². The van der Waals surface area contributed by atoms with E-state index in [4.69, 9.17) is 21.1 Å². The van der Waals surface area contributed by atoms with Gasteiger partial charge in [0, 0.05) is 25.9 Å². The highest BCUT2D eigenvalue weighted by molar-refractivity contribution is 6.17. The molecule has 0 saturated carbocycles. The van der Waals surface area contributed by atoms with Gasteiger partial charge in [-0.25, -0.2) is 9.59 Å². The van der Waals surface area contributed by atoms with Crippen LogP contribution in [0.25, 0.3) is 0 Å². The molecule has 0 radical (unpaired) electrons. The van der Waals surface area contributed by atoms with Crippen molar-refractivity contribution in [1.82, 2.24) is 4.90 Å². The van der Waals surface area contributed by atoms with Crippen molar-refractivity contribution in [2.45, 2.75) is 45.3 Å². The molecule has 6 nitrogen and oxygen atoms in total. The summed E-state index contributed by atoms with van der Waals surface area (Å²) < 4.78 is 14.8. The average molecular weight is 294 g/mol. The number of hydrogen-bond donors (Lipinski definition) is 0. The van der Waals surface area contributed by atoms with E-state index >= 15 is 0 Å². The van der Waals surface area contributed by atoms with Gasteiger partial charge in [-0.2, -0.15) is 0 Å². The Labute approximate surface area is 117 Å². The predicted octanol–water partition coefficient (Wildman–Crippen LogP) is 2.74. The van der Waals surface area contributed by atoms with Gasteiger partial charge in [-0.3, -0.25) is 0 Å². The van der Waals surface area contributed by atoms with Crippen LogP contribution in [0.3, 0.4) is 0 Å². The van der Waals surface area contributed by atoms with Crippen LogP contribution in [0, 0.1) is 0 Å². The Morgan fingerprint density at radius 2 is 1.84 bits per heavy atom. The summed E-state index contributed by atoms with van der Waals surface area (Å²) in [4.78, 5) is 24.5. The van der Waals surface area contributed by atoms with Gasteiger partial charge >= 0.3 is 12.2 Å². The Bertz CT molecular complexity index is 321. The van der Waals surface area contributed by atoms with Gasteiger partial charge in [0.25, 0.3) is 0 Å². The van der Waals surface area contributed by atoms with E-state index in [0.717, 1.165) is 0 Å². The molecule has 0 atom stereocenters. The van der Waals surface area contributed by atoms with Crippen LogP contribution >= 0.6 is 11.6 Å². The van der Waals surface area contributed by atoms with Crippen molar-refractivity contribution in [3.05, 3.63) is 0 Å². The molecule has 0 bridgehead atoms. The molecule has 110 valence electrons. The highest BCUT2D eigenvalue weighted by atomic mass is 35.5. The number of amides is 1. The standard InChI is InChI=1S/C12H20ClNO5/c1-12(2,3)19-10(15)14-6-4-9(5-7-14)18-11(16)17-8-13/h9H,4-8H2,1-3H3. The minimum atomic E-state index is -0.772. The van der Waals surface area contributed by atoms with Gasteiger partial charge in [0.05, 0.1) is 0 Å². The number of piperidine rings is 1. The number of ether oxygens (including phenoxy) is 3. The van der Waals surface area contributed by atoms with Crippen molar-refractivity contribution in [2.24, 2.45) is 0 Å². The van der Waals surface area contributed by atoms with E-state index in [1.54, 1.807) is 4.90 Å². The molecule has 1 heterocycles. The number of carbonyl (C=O) groups is 2. The molecule has 1 aliphatic heterocycles. The summed E-state index contributed by atoms with van der Waals surface area (Å²) >= 11 is 5.25. The largest absolute Gasteiger partial charge is 0.509 e. The lowest BCUT2D eigenvalue weighted by molar-refractivity contribution is -0.00773. The summed E-state index contributed by atoms with van der Waals surface area (Å²) in [6.07, 6.45) is -0.220. The fourth-order valence-corrected chi connectivity index (χ4v) is 1.79. The second kappa shape index (κ2) is 6.84. The fraction of sp³-hybridized carbons (Fsp3) is 0.833. The zero-order valence-corrected chi connectivity index (χ0v) is 12.2. The Balaban J connectivity index is 2.32.